The van der Waals surface area contributed by atoms with Crippen LogP contribution in [0.25, 0.3) is 0 Å². The van der Waals surface area contributed by atoms with Gasteiger partial charge in [0, 0.05) is 13.1 Å². The molecule has 98 valence electrons. The van der Waals surface area contributed by atoms with Crippen LogP contribution < -0.4 is 5.32 Å². The molecule has 1 N–H and O–H groups in total. The second kappa shape index (κ2) is 4.48. The van der Waals surface area contributed by atoms with E-state index in [4.69, 9.17) is 4.74 Å². The summed E-state index contributed by atoms with van der Waals surface area (Å²) < 4.78 is 5.52. The van der Waals surface area contributed by atoms with E-state index in [1.165, 1.54) is 6.42 Å². The minimum atomic E-state index is -0.401. The first kappa shape index (κ1) is 12.7. The fourth-order valence-electron chi connectivity index (χ4n) is 2.87. The Morgan fingerprint density at radius 1 is 1.29 bits per heavy atom. The lowest BCUT2D eigenvalue weighted by atomic mass is 9.86. The highest BCUT2D eigenvalue weighted by Gasteiger charge is 2.44. The SMILES string of the molecule is CC(C)(C)OC(=O)N1CCCC[C@@]12CCNC2. The van der Waals surface area contributed by atoms with Gasteiger partial charge in [-0.3, -0.25) is 0 Å². The van der Waals surface area contributed by atoms with E-state index in [0.717, 1.165) is 38.9 Å². The summed E-state index contributed by atoms with van der Waals surface area (Å²) in [6.07, 6.45) is 4.36. The molecule has 1 spiro atoms. The third kappa shape index (κ3) is 2.73. The van der Waals surface area contributed by atoms with Gasteiger partial charge in [-0.05, 0) is 53.0 Å². The van der Waals surface area contributed by atoms with Crippen molar-refractivity contribution in [2.45, 2.75) is 57.6 Å². The van der Waals surface area contributed by atoms with Crippen LogP contribution in [0.3, 0.4) is 0 Å². The van der Waals surface area contributed by atoms with E-state index in [9.17, 15) is 4.79 Å². The molecule has 0 aliphatic carbocycles. The van der Waals surface area contributed by atoms with Gasteiger partial charge in [0.05, 0.1) is 5.54 Å². The van der Waals surface area contributed by atoms with Gasteiger partial charge in [0.2, 0.25) is 0 Å². The second-order valence-corrected chi connectivity index (χ2v) is 6.24. The number of ether oxygens (including phenoxy) is 1. The Labute approximate surface area is 104 Å². The van der Waals surface area contributed by atoms with Crippen molar-refractivity contribution in [3.8, 4) is 0 Å². The molecular weight excluding hydrogens is 216 g/mol. The monoisotopic (exact) mass is 240 g/mol. The number of piperidine rings is 1. The van der Waals surface area contributed by atoms with Crippen molar-refractivity contribution in [2.24, 2.45) is 0 Å². The third-order valence-electron chi connectivity index (χ3n) is 3.68. The molecule has 1 atom stereocenters. The Bertz CT molecular complexity index is 290. The quantitative estimate of drug-likeness (QED) is 0.705. The van der Waals surface area contributed by atoms with Gasteiger partial charge in [-0.25, -0.2) is 4.79 Å². The van der Waals surface area contributed by atoms with E-state index >= 15 is 0 Å². The summed E-state index contributed by atoms with van der Waals surface area (Å²) in [6.45, 7) is 8.55. The summed E-state index contributed by atoms with van der Waals surface area (Å²) in [6, 6.07) is 0. The normalized spacial score (nSPS) is 29.7. The first-order valence-corrected chi connectivity index (χ1v) is 6.64. The molecule has 0 unspecified atom stereocenters. The van der Waals surface area contributed by atoms with Crippen LogP contribution in [0.15, 0.2) is 0 Å². The Morgan fingerprint density at radius 2 is 2.06 bits per heavy atom. The maximum absolute atomic E-state index is 12.3. The van der Waals surface area contributed by atoms with Gasteiger partial charge in [0.1, 0.15) is 5.60 Å². The van der Waals surface area contributed by atoms with E-state index in [1.807, 2.05) is 25.7 Å². The van der Waals surface area contributed by atoms with Crippen LogP contribution in [0.1, 0.15) is 46.5 Å². The van der Waals surface area contributed by atoms with Crippen molar-refractivity contribution in [3.05, 3.63) is 0 Å². The topological polar surface area (TPSA) is 41.6 Å². The standard InChI is InChI=1S/C13H24N2O2/c1-12(2,3)17-11(16)15-9-5-4-6-13(15)7-8-14-10-13/h14H,4-10H2,1-3H3/t13-/m0/s1. The minimum absolute atomic E-state index is 0.0284. The summed E-state index contributed by atoms with van der Waals surface area (Å²) in [5, 5.41) is 3.38. The number of nitrogens with zero attached hydrogens (tertiary/aromatic N) is 1. The van der Waals surface area contributed by atoms with Gasteiger partial charge >= 0.3 is 6.09 Å². The molecule has 2 saturated heterocycles. The number of likely N-dealkylation sites (tertiary alicyclic amines) is 1. The molecular formula is C13H24N2O2. The van der Waals surface area contributed by atoms with Gasteiger partial charge in [-0.15, -0.1) is 0 Å². The van der Waals surface area contributed by atoms with Crippen molar-refractivity contribution in [3.63, 3.8) is 0 Å². The highest BCUT2D eigenvalue weighted by atomic mass is 16.6. The van der Waals surface area contributed by atoms with Gasteiger partial charge in [-0.1, -0.05) is 0 Å². The number of carbonyl (C=O) groups excluding carboxylic acids is 1. The molecule has 0 aromatic heterocycles. The summed E-state index contributed by atoms with van der Waals surface area (Å²) in [5.41, 5.74) is -0.373. The average Bonchev–Trinajstić information content (AvgIpc) is 2.65. The molecule has 2 aliphatic rings. The Balaban J connectivity index is 2.08. The molecule has 4 heteroatoms. The minimum Gasteiger partial charge on any atom is -0.444 e. The zero-order chi connectivity index (χ0) is 12.5. The number of amides is 1. The zero-order valence-electron chi connectivity index (χ0n) is 11.2. The fourth-order valence-corrected chi connectivity index (χ4v) is 2.87. The Hall–Kier alpha value is -0.770. The Morgan fingerprint density at radius 3 is 2.65 bits per heavy atom. The molecule has 0 bridgehead atoms. The van der Waals surface area contributed by atoms with Crippen molar-refractivity contribution >= 4 is 6.09 Å². The van der Waals surface area contributed by atoms with Crippen molar-refractivity contribution in [1.82, 2.24) is 10.2 Å². The van der Waals surface area contributed by atoms with Crippen LogP contribution in [-0.2, 0) is 4.74 Å². The van der Waals surface area contributed by atoms with E-state index in [1.54, 1.807) is 0 Å². The van der Waals surface area contributed by atoms with E-state index in [2.05, 4.69) is 5.32 Å². The predicted molar refractivity (Wildman–Crippen MR) is 67.0 cm³/mol. The van der Waals surface area contributed by atoms with Crippen molar-refractivity contribution < 1.29 is 9.53 Å². The zero-order valence-corrected chi connectivity index (χ0v) is 11.2. The summed E-state index contributed by atoms with van der Waals surface area (Å²) >= 11 is 0. The molecule has 0 saturated carbocycles. The van der Waals surface area contributed by atoms with Crippen LogP contribution in [0, 0.1) is 0 Å². The summed E-state index contributed by atoms with van der Waals surface area (Å²) in [7, 11) is 0. The van der Waals surface area contributed by atoms with E-state index in [-0.39, 0.29) is 11.6 Å². The van der Waals surface area contributed by atoms with Crippen LogP contribution in [0.4, 0.5) is 4.79 Å². The summed E-state index contributed by atoms with van der Waals surface area (Å²) in [5.74, 6) is 0. The van der Waals surface area contributed by atoms with Crippen LogP contribution >= 0.6 is 0 Å². The molecule has 2 heterocycles. The second-order valence-electron chi connectivity index (χ2n) is 6.24. The highest BCUT2D eigenvalue weighted by molar-refractivity contribution is 5.69. The maximum Gasteiger partial charge on any atom is 0.410 e. The highest BCUT2D eigenvalue weighted by Crippen LogP contribution is 2.34. The van der Waals surface area contributed by atoms with Gasteiger partial charge in [0.25, 0.3) is 0 Å². The lowest BCUT2D eigenvalue weighted by Crippen LogP contribution is -2.56. The summed E-state index contributed by atoms with van der Waals surface area (Å²) in [4.78, 5) is 14.2. The van der Waals surface area contributed by atoms with E-state index in [0.29, 0.717) is 0 Å². The van der Waals surface area contributed by atoms with Crippen LogP contribution in [0.5, 0.6) is 0 Å². The molecule has 0 aromatic carbocycles. The number of hydrogen-bond donors (Lipinski definition) is 1. The predicted octanol–water partition coefficient (Wildman–Crippen LogP) is 2.14. The largest absolute Gasteiger partial charge is 0.444 e. The lowest BCUT2D eigenvalue weighted by molar-refractivity contribution is -0.0107. The van der Waals surface area contributed by atoms with Crippen LogP contribution in [-0.4, -0.2) is 41.8 Å². The molecule has 4 nitrogen and oxygen atoms in total. The molecule has 0 aromatic rings. The van der Waals surface area contributed by atoms with Crippen LogP contribution in [0.2, 0.25) is 0 Å². The molecule has 1 amide bonds. The molecule has 2 rings (SSSR count). The first-order valence-electron chi connectivity index (χ1n) is 6.64. The number of rotatable bonds is 0. The number of hydrogen-bond acceptors (Lipinski definition) is 3. The van der Waals surface area contributed by atoms with Gasteiger partial charge in [0.15, 0.2) is 0 Å². The van der Waals surface area contributed by atoms with Gasteiger partial charge < -0.3 is 15.0 Å². The maximum atomic E-state index is 12.3. The van der Waals surface area contributed by atoms with Gasteiger partial charge in [-0.2, -0.15) is 0 Å². The molecule has 2 fully saturated rings. The number of nitrogens with one attached hydrogen (secondary N) is 1. The first-order chi connectivity index (χ1) is 7.93. The average molecular weight is 240 g/mol. The third-order valence-corrected chi connectivity index (χ3v) is 3.68. The van der Waals surface area contributed by atoms with Crippen molar-refractivity contribution in [1.29, 1.82) is 0 Å². The molecule has 0 radical (unpaired) electrons. The Kier molecular flexibility index (Phi) is 3.34. The smallest absolute Gasteiger partial charge is 0.410 e. The molecule has 2 aliphatic heterocycles. The lowest BCUT2D eigenvalue weighted by Gasteiger charge is -2.44. The number of carbonyl (C=O) groups is 1. The molecule has 17 heavy (non-hydrogen) atoms. The van der Waals surface area contributed by atoms with Crippen molar-refractivity contribution in [2.75, 3.05) is 19.6 Å². The fraction of sp³-hybridized carbons (Fsp3) is 0.923. The van der Waals surface area contributed by atoms with E-state index < -0.39 is 5.60 Å².